The van der Waals surface area contributed by atoms with Crippen LogP contribution in [0.15, 0.2) is 10.6 Å². The van der Waals surface area contributed by atoms with Crippen molar-refractivity contribution in [1.82, 2.24) is 10.3 Å². The van der Waals surface area contributed by atoms with Crippen LogP contribution in [0.2, 0.25) is 0 Å². The lowest BCUT2D eigenvalue weighted by atomic mass is 9.85. The number of nitrogens with zero attached hydrogens (tertiary/aromatic N) is 1. The van der Waals surface area contributed by atoms with Gasteiger partial charge in [-0.1, -0.05) is 6.42 Å². The summed E-state index contributed by atoms with van der Waals surface area (Å²) in [5.74, 6) is 3.46. The molecule has 3 rings (SSSR count). The second-order valence-electron chi connectivity index (χ2n) is 4.86. The van der Waals surface area contributed by atoms with Crippen LogP contribution in [0.4, 0.5) is 0 Å². The zero-order valence-electron chi connectivity index (χ0n) is 9.04. The van der Waals surface area contributed by atoms with Crippen LogP contribution in [0.25, 0.3) is 0 Å². The number of nitrogens with one attached hydrogen (secondary N) is 1. The molecule has 2 heterocycles. The van der Waals surface area contributed by atoms with Crippen LogP contribution in [0.3, 0.4) is 0 Å². The zero-order chi connectivity index (χ0) is 10.1. The normalized spacial score (nSPS) is 26.8. The first-order chi connectivity index (χ1) is 7.42. The summed E-state index contributed by atoms with van der Waals surface area (Å²) in [4.78, 5) is 4.39. The molecule has 1 atom stereocenters. The van der Waals surface area contributed by atoms with E-state index in [2.05, 4.69) is 10.3 Å². The Morgan fingerprint density at radius 2 is 2.33 bits per heavy atom. The fourth-order valence-electron chi connectivity index (χ4n) is 2.43. The molecule has 3 heteroatoms. The van der Waals surface area contributed by atoms with Crippen LogP contribution in [0, 0.1) is 5.92 Å². The molecule has 1 unspecified atom stereocenters. The van der Waals surface area contributed by atoms with Gasteiger partial charge in [0.25, 0.3) is 0 Å². The smallest absolute Gasteiger partial charge is 0.197 e. The fraction of sp³-hybridized carbons (Fsp3) is 0.750. The molecule has 1 saturated heterocycles. The topological polar surface area (TPSA) is 38.1 Å². The molecule has 82 valence electrons. The highest BCUT2D eigenvalue weighted by Gasteiger charge is 2.25. The predicted molar refractivity (Wildman–Crippen MR) is 57.8 cm³/mol. The third-order valence-corrected chi connectivity index (χ3v) is 3.68. The molecule has 2 fully saturated rings. The van der Waals surface area contributed by atoms with E-state index in [1.807, 2.05) is 6.20 Å². The Labute approximate surface area is 90.3 Å². The number of rotatable bonds is 3. The van der Waals surface area contributed by atoms with E-state index in [-0.39, 0.29) is 0 Å². The highest BCUT2D eigenvalue weighted by molar-refractivity contribution is 5.03. The quantitative estimate of drug-likeness (QED) is 0.823. The Morgan fingerprint density at radius 3 is 3.00 bits per heavy atom. The molecule has 1 aromatic rings. The Balaban J connectivity index is 1.62. The van der Waals surface area contributed by atoms with E-state index in [1.54, 1.807) is 0 Å². The molecule has 15 heavy (non-hydrogen) atoms. The van der Waals surface area contributed by atoms with E-state index in [9.17, 15) is 0 Å². The second kappa shape index (κ2) is 3.97. The largest absolute Gasteiger partial charge is 0.445 e. The van der Waals surface area contributed by atoms with Crippen molar-refractivity contribution in [2.24, 2.45) is 5.92 Å². The molecular formula is C12H18N2O. The summed E-state index contributed by atoms with van der Waals surface area (Å²) >= 11 is 0. The van der Waals surface area contributed by atoms with E-state index in [0.717, 1.165) is 37.1 Å². The lowest BCUT2D eigenvalue weighted by Gasteiger charge is -2.21. The molecule has 0 radical (unpaired) electrons. The third-order valence-electron chi connectivity index (χ3n) is 3.68. The van der Waals surface area contributed by atoms with Crippen LogP contribution >= 0.6 is 0 Å². The summed E-state index contributed by atoms with van der Waals surface area (Å²) in [5.41, 5.74) is 0. The maximum Gasteiger partial charge on any atom is 0.197 e. The zero-order valence-corrected chi connectivity index (χ0v) is 9.04. The number of hydrogen-bond donors (Lipinski definition) is 1. The van der Waals surface area contributed by atoms with Crippen LogP contribution in [0.1, 0.15) is 43.3 Å². The molecule has 0 aromatic carbocycles. The van der Waals surface area contributed by atoms with Crippen molar-refractivity contribution in [2.45, 2.75) is 38.0 Å². The molecule has 0 bridgehead atoms. The molecule has 1 saturated carbocycles. The van der Waals surface area contributed by atoms with Crippen molar-refractivity contribution in [2.75, 3.05) is 13.1 Å². The minimum Gasteiger partial charge on any atom is -0.445 e. The molecular weight excluding hydrogens is 188 g/mol. The van der Waals surface area contributed by atoms with Gasteiger partial charge in [0.2, 0.25) is 0 Å². The van der Waals surface area contributed by atoms with Crippen LogP contribution in [0.5, 0.6) is 0 Å². The molecule has 1 aromatic heterocycles. The second-order valence-corrected chi connectivity index (χ2v) is 4.86. The Morgan fingerprint density at radius 1 is 1.40 bits per heavy atom. The first-order valence-corrected chi connectivity index (χ1v) is 6.07. The van der Waals surface area contributed by atoms with Crippen molar-refractivity contribution in [3.8, 4) is 0 Å². The van der Waals surface area contributed by atoms with E-state index in [0.29, 0.717) is 5.92 Å². The van der Waals surface area contributed by atoms with Gasteiger partial charge in [-0.25, -0.2) is 4.98 Å². The van der Waals surface area contributed by atoms with Crippen molar-refractivity contribution in [1.29, 1.82) is 0 Å². The summed E-state index contributed by atoms with van der Waals surface area (Å²) in [6.07, 6.45) is 8.16. The van der Waals surface area contributed by atoms with Gasteiger partial charge in [-0.2, -0.15) is 0 Å². The number of aromatic nitrogens is 1. The molecule has 2 aliphatic rings. The monoisotopic (exact) mass is 206 g/mol. The van der Waals surface area contributed by atoms with Crippen LogP contribution in [-0.4, -0.2) is 18.1 Å². The maximum absolute atomic E-state index is 5.81. The van der Waals surface area contributed by atoms with Gasteiger partial charge < -0.3 is 9.73 Å². The van der Waals surface area contributed by atoms with Gasteiger partial charge in [0.05, 0.1) is 6.20 Å². The first kappa shape index (κ1) is 9.40. The van der Waals surface area contributed by atoms with E-state index in [4.69, 9.17) is 4.42 Å². The number of oxazole rings is 1. The van der Waals surface area contributed by atoms with Crippen LogP contribution < -0.4 is 5.32 Å². The van der Waals surface area contributed by atoms with Gasteiger partial charge in [0.1, 0.15) is 5.76 Å². The Kier molecular flexibility index (Phi) is 2.49. The summed E-state index contributed by atoms with van der Waals surface area (Å²) in [7, 11) is 0. The standard InChI is InChI=1S/C12H18N2O/c1-2-10(3-1)12-14-8-11(15-12)6-9-4-5-13-7-9/h8-10,13H,1-7H2. The lowest BCUT2D eigenvalue weighted by molar-refractivity contribution is 0.319. The average molecular weight is 206 g/mol. The fourth-order valence-corrected chi connectivity index (χ4v) is 2.43. The Hall–Kier alpha value is -0.830. The molecule has 0 spiro atoms. The van der Waals surface area contributed by atoms with Crippen molar-refractivity contribution < 1.29 is 4.42 Å². The van der Waals surface area contributed by atoms with Gasteiger partial charge in [0, 0.05) is 12.3 Å². The van der Waals surface area contributed by atoms with Crippen LogP contribution in [-0.2, 0) is 6.42 Å². The predicted octanol–water partition coefficient (Wildman–Crippen LogP) is 2.09. The van der Waals surface area contributed by atoms with E-state index in [1.165, 1.54) is 25.7 Å². The molecule has 1 aliphatic heterocycles. The van der Waals surface area contributed by atoms with Crippen molar-refractivity contribution in [3.63, 3.8) is 0 Å². The third kappa shape index (κ3) is 1.93. The van der Waals surface area contributed by atoms with Gasteiger partial charge in [-0.05, 0) is 38.3 Å². The summed E-state index contributed by atoms with van der Waals surface area (Å²) in [6.45, 7) is 2.30. The molecule has 1 aliphatic carbocycles. The van der Waals surface area contributed by atoms with Gasteiger partial charge in [-0.15, -0.1) is 0 Å². The molecule has 3 nitrogen and oxygen atoms in total. The van der Waals surface area contributed by atoms with E-state index >= 15 is 0 Å². The molecule has 0 amide bonds. The summed E-state index contributed by atoms with van der Waals surface area (Å²) in [6, 6.07) is 0. The summed E-state index contributed by atoms with van der Waals surface area (Å²) in [5, 5.41) is 3.38. The lowest BCUT2D eigenvalue weighted by Crippen LogP contribution is -2.10. The van der Waals surface area contributed by atoms with Gasteiger partial charge in [0.15, 0.2) is 5.89 Å². The van der Waals surface area contributed by atoms with Gasteiger partial charge >= 0.3 is 0 Å². The SMILES string of the molecule is c1nc(C2CCC2)oc1CC1CCNC1. The maximum atomic E-state index is 5.81. The minimum absolute atomic E-state index is 0.625. The Bertz CT molecular complexity index is 324. The highest BCUT2D eigenvalue weighted by Crippen LogP contribution is 2.36. The minimum atomic E-state index is 0.625. The first-order valence-electron chi connectivity index (χ1n) is 6.07. The average Bonchev–Trinajstić information content (AvgIpc) is 2.75. The highest BCUT2D eigenvalue weighted by atomic mass is 16.4. The van der Waals surface area contributed by atoms with Crippen molar-refractivity contribution >= 4 is 0 Å². The van der Waals surface area contributed by atoms with Gasteiger partial charge in [-0.3, -0.25) is 0 Å². The molecule has 1 N–H and O–H groups in total. The van der Waals surface area contributed by atoms with E-state index < -0.39 is 0 Å². The van der Waals surface area contributed by atoms with Crippen molar-refractivity contribution in [3.05, 3.63) is 17.8 Å². The number of hydrogen-bond acceptors (Lipinski definition) is 3. The summed E-state index contributed by atoms with van der Waals surface area (Å²) < 4.78 is 5.81.